The minimum absolute atomic E-state index is 0.434. The molecular weight excluding hydrogens is 158 g/mol. The highest BCUT2D eigenvalue weighted by Gasteiger charge is 1.94. The fourth-order valence-corrected chi connectivity index (χ4v) is 1.41. The predicted octanol–water partition coefficient (Wildman–Crippen LogP) is 1.79. The summed E-state index contributed by atoms with van der Waals surface area (Å²) in [5.74, 6) is 4.83. The molecule has 0 aliphatic carbocycles. The van der Waals surface area contributed by atoms with Crippen molar-refractivity contribution < 1.29 is 4.84 Å². The van der Waals surface area contributed by atoms with Crippen LogP contribution in [0, 0.1) is 0 Å². The quantitative estimate of drug-likeness (QED) is 0.675. The van der Waals surface area contributed by atoms with Crippen LogP contribution in [0.1, 0.15) is 5.56 Å². The third-order valence-electron chi connectivity index (χ3n) is 0.872. The van der Waals surface area contributed by atoms with E-state index < -0.39 is 0 Å². The van der Waals surface area contributed by atoms with Crippen molar-refractivity contribution in [2.24, 2.45) is 5.90 Å². The van der Waals surface area contributed by atoms with Crippen LogP contribution in [-0.2, 0) is 11.4 Å². The van der Waals surface area contributed by atoms with Gasteiger partial charge in [0.15, 0.2) is 0 Å². The monoisotopic (exact) mass is 163 g/mol. The highest BCUT2D eigenvalue weighted by atomic mass is 35.5. The van der Waals surface area contributed by atoms with E-state index in [1.807, 2.05) is 11.4 Å². The number of rotatable bonds is 2. The van der Waals surface area contributed by atoms with Crippen molar-refractivity contribution in [1.82, 2.24) is 0 Å². The molecule has 1 rings (SSSR count). The number of halogens is 1. The van der Waals surface area contributed by atoms with E-state index in [0.717, 1.165) is 9.90 Å². The molecule has 4 heteroatoms. The van der Waals surface area contributed by atoms with Crippen LogP contribution in [0.5, 0.6) is 0 Å². The minimum atomic E-state index is 0.434. The van der Waals surface area contributed by atoms with Crippen LogP contribution in [-0.4, -0.2) is 0 Å². The predicted molar refractivity (Wildman–Crippen MR) is 38.3 cm³/mol. The number of thiophene rings is 1. The first-order chi connectivity index (χ1) is 4.33. The summed E-state index contributed by atoms with van der Waals surface area (Å²) in [7, 11) is 0. The summed E-state index contributed by atoms with van der Waals surface area (Å²) >= 11 is 7.09. The van der Waals surface area contributed by atoms with Crippen molar-refractivity contribution in [3.05, 3.63) is 21.3 Å². The van der Waals surface area contributed by atoms with Gasteiger partial charge in [0.1, 0.15) is 0 Å². The second kappa shape index (κ2) is 3.17. The van der Waals surface area contributed by atoms with Crippen molar-refractivity contribution in [1.29, 1.82) is 0 Å². The van der Waals surface area contributed by atoms with Gasteiger partial charge in [-0.25, -0.2) is 5.90 Å². The van der Waals surface area contributed by atoms with Crippen LogP contribution < -0.4 is 5.90 Å². The summed E-state index contributed by atoms with van der Waals surface area (Å²) in [5.41, 5.74) is 1.02. The number of nitrogens with two attached hydrogens (primary N) is 1. The lowest BCUT2D eigenvalue weighted by Crippen LogP contribution is -1.96. The first-order valence-electron chi connectivity index (χ1n) is 2.37. The van der Waals surface area contributed by atoms with Gasteiger partial charge in [0, 0.05) is 0 Å². The SMILES string of the molecule is NOCc1csc(Cl)c1. The molecule has 0 spiro atoms. The van der Waals surface area contributed by atoms with Gasteiger partial charge in [-0.05, 0) is 17.0 Å². The molecule has 0 unspecified atom stereocenters. The Morgan fingerprint density at radius 1 is 1.78 bits per heavy atom. The van der Waals surface area contributed by atoms with E-state index in [4.69, 9.17) is 17.5 Å². The van der Waals surface area contributed by atoms with E-state index in [1.54, 1.807) is 0 Å². The van der Waals surface area contributed by atoms with Crippen molar-refractivity contribution in [2.45, 2.75) is 6.61 Å². The van der Waals surface area contributed by atoms with Gasteiger partial charge in [-0.1, -0.05) is 11.6 Å². The Kier molecular flexibility index (Phi) is 2.48. The molecule has 0 bridgehead atoms. The van der Waals surface area contributed by atoms with Crippen molar-refractivity contribution in [2.75, 3.05) is 0 Å². The average Bonchev–Trinajstić information content (AvgIpc) is 2.17. The first kappa shape index (κ1) is 7.02. The molecule has 1 aromatic heterocycles. The molecule has 0 fully saturated rings. The van der Waals surface area contributed by atoms with E-state index in [1.165, 1.54) is 11.3 Å². The molecule has 1 aromatic rings. The Morgan fingerprint density at radius 2 is 2.56 bits per heavy atom. The van der Waals surface area contributed by atoms with Gasteiger partial charge < -0.3 is 0 Å². The van der Waals surface area contributed by atoms with Crippen LogP contribution in [0.4, 0.5) is 0 Å². The zero-order valence-electron chi connectivity index (χ0n) is 4.63. The Balaban J connectivity index is 2.61. The topological polar surface area (TPSA) is 35.2 Å². The molecule has 0 aliphatic heterocycles. The lowest BCUT2D eigenvalue weighted by molar-refractivity contribution is 0.124. The molecule has 0 saturated carbocycles. The van der Waals surface area contributed by atoms with Crippen molar-refractivity contribution >= 4 is 22.9 Å². The Morgan fingerprint density at radius 3 is 3.00 bits per heavy atom. The number of hydrogen-bond acceptors (Lipinski definition) is 3. The third kappa shape index (κ3) is 1.95. The van der Waals surface area contributed by atoms with Gasteiger partial charge in [0.2, 0.25) is 0 Å². The molecule has 0 aromatic carbocycles. The fraction of sp³-hybridized carbons (Fsp3) is 0.200. The second-order valence-electron chi connectivity index (χ2n) is 1.57. The van der Waals surface area contributed by atoms with Crippen LogP contribution in [0.3, 0.4) is 0 Å². The molecule has 0 saturated heterocycles. The van der Waals surface area contributed by atoms with Gasteiger partial charge in [0.25, 0.3) is 0 Å². The molecule has 50 valence electrons. The summed E-state index contributed by atoms with van der Waals surface area (Å²) in [6, 6.07) is 1.83. The third-order valence-corrected chi connectivity index (χ3v) is 2.01. The van der Waals surface area contributed by atoms with Gasteiger partial charge in [0.05, 0.1) is 10.9 Å². The molecule has 0 atom stereocenters. The zero-order chi connectivity index (χ0) is 6.69. The van der Waals surface area contributed by atoms with Gasteiger partial charge >= 0.3 is 0 Å². The van der Waals surface area contributed by atoms with Crippen LogP contribution in [0.25, 0.3) is 0 Å². The van der Waals surface area contributed by atoms with Crippen molar-refractivity contribution in [3.8, 4) is 0 Å². The van der Waals surface area contributed by atoms with Gasteiger partial charge in [-0.2, -0.15) is 0 Å². The van der Waals surface area contributed by atoms with E-state index >= 15 is 0 Å². The number of hydrogen-bond donors (Lipinski definition) is 1. The lowest BCUT2D eigenvalue weighted by Gasteiger charge is -1.88. The Hall–Kier alpha value is -0.0900. The Labute approximate surface area is 62.1 Å². The second-order valence-corrected chi connectivity index (χ2v) is 3.11. The normalized spacial score (nSPS) is 10.0. The van der Waals surface area contributed by atoms with Gasteiger partial charge in [-0.3, -0.25) is 4.84 Å². The molecule has 0 amide bonds. The van der Waals surface area contributed by atoms with E-state index in [2.05, 4.69) is 4.84 Å². The maximum Gasteiger partial charge on any atom is 0.0938 e. The minimum Gasteiger partial charge on any atom is -0.300 e. The maximum atomic E-state index is 5.62. The van der Waals surface area contributed by atoms with Crippen LogP contribution in [0.15, 0.2) is 11.4 Å². The Bertz CT molecular complexity index is 189. The molecule has 0 aliphatic rings. The molecule has 2 nitrogen and oxygen atoms in total. The van der Waals surface area contributed by atoms with Crippen molar-refractivity contribution in [3.63, 3.8) is 0 Å². The summed E-state index contributed by atoms with van der Waals surface area (Å²) < 4.78 is 0.766. The molecule has 0 radical (unpaired) electrons. The van der Waals surface area contributed by atoms with Gasteiger partial charge in [-0.15, -0.1) is 11.3 Å². The average molecular weight is 164 g/mol. The highest BCUT2D eigenvalue weighted by Crippen LogP contribution is 2.19. The highest BCUT2D eigenvalue weighted by molar-refractivity contribution is 7.14. The summed E-state index contributed by atoms with van der Waals surface area (Å²) in [5, 5.41) is 1.91. The van der Waals surface area contributed by atoms with E-state index in [0.29, 0.717) is 6.61 Å². The lowest BCUT2D eigenvalue weighted by atomic mass is 10.4. The maximum absolute atomic E-state index is 5.62. The fourth-order valence-electron chi connectivity index (χ4n) is 0.518. The van der Waals surface area contributed by atoms with Crippen LogP contribution in [0.2, 0.25) is 4.34 Å². The summed E-state index contributed by atoms with van der Waals surface area (Å²) in [6.07, 6.45) is 0. The molecule has 9 heavy (non-hydrogen) atoms. The first-order valence-corrected chi connectivity index (χ1v) is 3.63. The zero-order valence-corrected chi connectivity index (χ0v) is 6.21. The molecule has 2 N–H and O–H groups in total. The smallest absolute Gasteiger partial charge is 0.0938 e. The standard InChI is InChI=1S/C5H6ClNOS/c6-5-1-4(2-8-7)3-9-5/h1,3H,2,7H2. The van der Waals surface area contributed by atoms with E-state index in [-0.39, 0.29) is 0 Å². The summed E-state index contributed by atoms with van der Waals surface area (Å²) in [4.78, 5) is 4.39. The molecule has 1 heterocycles. The van der Waals surface area contributed by atoms with E-state index in [9.17, 15) is 0 Å². The largest absolute Gasteiger partial charge is 0.300 e. The molecular formula is C5H6ClNOS. The summed E-state index contributed by atoms with van der Waals surface area (Å²) in [6.45, 7) is 0.434. The van der Waals surface area contributed by atoms with Crippen LogP contribution >= 0.6 is 22.9 Å².